The molecule has 0 aromatic heterocycles. The summed E-state index contributed by atoms with van der Waals surface area (Å²) in [6.45, 7) is 9.63. The summed E-state index contributed by atoms with van der Waals surface area (Å²) in [7, 11) is 3.99. The predicted octanol–water partition coefficient (Wildman–Crippen LogP) is 2.85. The maximum Gasteiger partial charge on any atom is 0.321 e. The molecule has 0 aliphatic heterocycles. The molecule has 2 atom stereocenters. The van der Waals surface area contributed by atoms with Gasteiger partial charge in [0.25, 0.3) is 0 Å². The van der Waals surface area contributed by atoms with Gasteiger partial charge < -0.3 is 20.2 Å². The van der Waals surface area contributed by atoms with E-state index < -0.39 is 12.0 Å². The molecule has 0 fully saturated rings. The van der Waals surface area contributed by atoms with Crippen molar-refractivity contribution in [1.82, 2.24) is 10.2 Å². The van der Waals surface area contributed by atoms with Crippen LogP contribution in [-0.2, 0) is 11.2 Å². The molecule has 1 rings (SSSR count). The molecule has 0 spiro atoms. The Hall–Kier alpha value is -1.59. The summed E-state index contributed by atoms with van der Waals surface area (Å²) in [6.07, 6.45) is 2.57. The van der Waals surface area contributed by atoms with Crippen molar-refractivity contribution in [1.29, 1.82) is 0 Å². The van der Waals surface area contributed by atoms with Gasteiger partial charge in [-0.25, -0.2) is 0 Å². The van der Waals surface area contributed by atoms with Crippen LogP contribution in [0.4, 0.5) is 5.69 Å². The van der Waals surface area contributed by atoms with Crippen molar-refractivity contribution in [3.05, 3.63) is 29.8 Å². The Morgan fingerprint density at radius 3 is 2.24 bits per heavy atom. The molecule has 0 radical (unpaired) electrons. The number of hydrogen-bond acceptors (Lipinski definition) is 4. The van der Waals surface area contributed by atoms with E-state index in [1.54, 1.807) is 0 Å². The lowest BCUT2D eigenvalue weighted by atomic mass is 10.0. The van der Waals surface area contributed by atoms with E-state index in [0.717, 1.165) is 43.7 Å². The Labute approximate surface area is 153 Å². The summed E-state index contributed by atoms with van der Waals surface area (Å²) in [4.78, 5) is 16.0. The van der Waals surface area contributed by atoms with E-state index in [1.165, 1.54) is 0 Å². The second-order valence-corrected chi connectivity index (χ2v) is 6.89. The van der Waals surface area contributed by atoms with Gasteiger partial charge in [0.2, 0.25) is 0 Å². The third kappa shape index (κ3) is 7.88. The molecule has 0 bridgehead atoms. The van der Waals surface area contributed by atoms with Crippen molar-refractivity contribution >= 4 is 11.7 Å². The molecule has 0 heterocycles. The molecule has 0 amide bonds. The van der Waals surface area contributed by atoms with Crippen LogP contribution >= 0.6 is 0 Å². The number of rotatable bonds is 12. The topological polar surface area (TPSA) is 55.8 Å². The molecule has 5 nitrogen and oxygen atoms in total. The highest BCUT2D eigenvalue weighted by Crippen LogP contribution is 2.14. The van der Waals surface area contributed by atoms with E-state index in [2.05, 4.69) is 31.0 Å². The predicted molar refractivity (Wildman–Crippen MR) is 106 cm³/mol. The van der Waals surface area contributed by atoms with Crippen molar-refractivity contribution in [2.45, 2.75) is 52.1 Å². The lowest BCUT2D eigenvalue weighted by molar-refractivity contribution is -0.139. The highest BCUT2D eigenvalue weighted by molar-refractivity contribution is 5.74. The van der Waals surface area contributed by atoms with Crippen molar-refractivity contribution in [2.75, 3.05) is 38.6 Å². The van der Waals surface area contributed by atoms with Crippen molar-refractivity contribution in [3.8, 4) is 0 Å². The van der Waals surface area contributed by atoms with Crippen LogP contribution in [0.25, 0.3) is 0 Å². The van der Waals surface area contributed by atoms with Crippen LogP contribution < -0.4 is 10.2 Å². The van der Waals surface area contributed by atoms with Crippen LogP contribution in [0.15, 0.2) is 24.3 Å². The van der Waals surface area contributed by atoms with Crippen molar-refractivity contribution in [2.24, 2.45) is 0 Å². The lowest BCUT2D eigenvalue weighted by Crippen LogP contribution is -2.43. The number of nitrogens with zero attached hydrogens (tertiary/aromatic N) is 2. The summed E-state index contributed by atoms with van der Waals surface area (Å²) >= 11 is 0. The van der Waals surface area contributed by atoms with Crippen LogP contribution in [0, 0.1) is 0 Å². The van der Waals surface area contributed by atoms with Gasteiger partial charge in [0.15, 0.2) is 0 Å². The van der Waals surface area contributed by atoms with Gasteiger partial charge >= 0.3 is 5.97 Å². The highest BCUT2D eigenvalue weighted by Gasteiger charge is 2.20. The fourth-order valence-corrected chi connectivity index (χ4v) is 2.97. The van der Waals surface area contributed by atoms with Gasteiger partial charge in [-0.2, -0.15) is 0 Å². The van der Waals surface area contributed by atoms with Gasteiger partial charge in [-0.05, 0) is 63.5 Å². The number of aliphatic carboxylic acids is 1. The molecule has 0 saturated heterocycles. The second-order valence-electron chi connectivity index (χ2n) is 6.89. The molecule has 0 saturated carbocycles. The van der Waals surface area contributed by atoms with Crippen LogP contribution in [0.5, 0.6) is 0 Å². The molecule has 5 heteroatoms. The standard InChI is InChI=1S/C20H35N3O2/c1-6-23(7-2)14-8-9-16(3)21-19(20(24)25)15-17-10-12-18(13-11-17)22(4)5/h10-13,16,19,21H,6-9,14-15H2,1-5H3,(H,24,25). The summed E-state index contributed by atoms with van der Waals surface area (Å²) < 4.78 is 0. The van der Waals surface area contributed by atoms with Crippen molar-refractivity contribution in [3.63, 3.8) is 0 Å². The van der Waals surface area contributed by atoms with E-state index in [0.29, 0.717) is 6.42 Å². The Balaban J connectivity index is 2.52. The fraction of sp³-hybridized carbons (Fsp3) is 0.650. The maximum absolute atomic E-state index is 11.6. The first-order chi connectivity index (χ1) is 11.9. The number of carboxylic acids is 1. The first-order valence-corrected chi connectivity index (χ1v) is 9.34. The highest BCUT2D eigenvalue weighted by atomic mass is 16.4. The average molecular weight is 350 g/mol. The fourth-order valence-electron chi connectivity index (χ4n) is 2.97. The Morgan fingerprint density at radius 1 is 1.16 bits per heavy atom. The molecule has 2 unspecified atom stereocenters. The Kier molecular flexibility index (Phi) is 9.53. The number of anilines is 1. The largest absolute Gasteiger partial charge is 0.480 e. The zero-order valence-corrected chi connectivity index (χ0v) is 16.5. The molecule has 142 valence electrons. The average Bonchev–Trinajstić information content (AvgIpc) is 2.58. The van der Waals surface area contributed by atoms with Crippen LogP contribution in [0.3, 0.4) is 0 Å². The molecule has 25 heavy (non-hydrogen) atoms. The van der Waals surface area contributed by atoms with Crippen LogP contribution in [0.2, 0.25) is 0 Å². The monoisotopic (exact) mass is 349 g/mol. The number of benzene rings is 1. The zero-order valence-electron chi connectivity index (χ0n) is 16.5. The summed E-state index contributed by atoms with van der Waals surface area (Å²) in [5.41, 5.74) is 2.16. The third-order valence-electron chi connectivity index (χ3n) is 4.68. The number of nitrogens with one attached hydrogen (secondary N) is 1. The minimum Gasteiger partial charge on any atom is -0.480 e. The molecule has 1 aromatic rings. The minimum atomic E-state index is -0.785. The number of carbonyl (C=O) groups is 1. The van der Waals surface area contributed by atoms with Gasteiger partial charge in [0.1, 0.15) is 6.04 Å². The summed E-state index contributed by atoms with van der Waals surface area (Å²) in [6, 6.07) is 7.73. The molecular formula is C20H35N3O2. The van der Waals surface area contributed by atoms with E-state index in [-0.39, 0.29) is 6.04 Å². The number of hydrogen-bond donors (Lipinski definition) is 2. The first-order valence-electron chi connectivity index (χ1n) is 9.34. The quantitative estimate of drug-likeness (QED) is 0.608. The van der Waals surface area contributed by atoms with Crippen LogP contribution in [0.1, 0.15) is 39.2 Å². The molecular weight excluding hydrogens is 314 g/mol. The SMILES string of the molecule is CCN(CC)CCCC(C)NC(Cc1ccc(N(C)C)cc1)C(=O)O. The first kappa shape index (κ1) is 21.5. The van der Waals surface area contributed by atoms with Gasteiger partial charge in [-0.15, -0.1) is 0 Å². The molecule has 0 aliphatic carbocycles. The van der Waals surface area contributed by atoms with E-state index in [4.69, 9.17) is 0 Å². The van der Waals surface area contributed by atoms with E-state index in [9.17, 15) is 9.90 Å². The van der Waals surface area contributed by atoms with Gasteiger partial charge in [0, 0.05) is 25.8 Å². The second kappa shape index (κ2) is 11.1. The van der Waals surface area contributed by atoms with Gasteiger partial charge in [-0.3, -0.25) is 4.79 Å². The summed E-state index contributed by atoms with van der Waals surface area (Å²) in [5, 5.41) is 12.8. The van der Waals surface area contributed by atoms with E-state index in [1.807, 2.05) is 43.3 Å². The number of carboxylic acid groups (broad SMARTS) is 1. The molecule has 1 aromatic carbocycles. The molecule has 2 N–H and O–H groups in total. The smallest absolute Gasteiger partial charge is 0.321 e. The Bertz CT molecular complexity index is 498. The normalized spacial score (nSPS) is 13.7. The van der Waals surface area contributed by atoms with Gasteiger partial charge in [0.05, 0.1) is 0 Å². The van der Waals surface area contributed by atoms with E-state index >= 15 is 0 Å². The lowest BCUT2D eigenvalue weighted by Gasteiger charge is -2.22. The maximum atomic E-state index is 11.6. The summed E-state index contributed by atoms with van der Waals surface area (Å²) in [5.74, 6) is -0.785. The van der Waals surface area contributed by atoms with Gasteiger partial charge in [-0.1, -0.05) is 26.0 Å². The zero-order chi connectivity index (χ0) is 18.8. The van der Waals surface area contributed by atoms with Crippen LogP contribution in [-0.4, -0.2) is 61.8 Å². The third-order valence-corrected chi connectivity index (χ3v) is 4.68. The van der Waals surface area contributed by atoms with Crippen molar-refractivity contribution < 1.29 is 9.90 Å². The minimum absolute atomic E-state index is 0.192. The Morgan fingerprint density at radius 2 is 1.76 bits per heavy atom. The molecule has 0 aliphatic rings.